The molecule has 0 aromatic carbocycles. The number of nitrogens with two attached hydrogens (primary N) is 1. The second-order valence-electron chi connectivity index (χ2n) is 7.08. The predicted molar refractivity (Wildman–Crippen MR) is 106 cm³/mol. The fourth-order valence-electron chi connectivity index (χ4n) is 3.46. The van der Waals surface area contributed by atoms with Crippen LogP contribution in [0.4, 0.5) is 0 Å². The van der Waals surface area contributed by atoms with Crippen molar-refractivity contribution in [2.45, 2.75) is 30.2 Å². The Hall–Kier alpha value is -3.11. The first kappa shape index (κ1) is 18.0. The van der Waals surface area contributed by atoms with E-state index in [-0.39, 0.29) is 4.90 Å². The van der Waals surface area contributed by atoms with Crippen molar-refractivity contribution in [1.29, 1.82) is 0 Å². The first-order chi connectivity index (χ1) is 13.9. The molecule has 1 aliphatic carbocycles. The van der Waals surface area contributed by atoms with Crippen LogP contribution < -0.4 is 9.88 Å². The van der Waals surface area contributed by atoms with Gasteiger partial charge in [0.1, 0.15) is 16.2 Å². The van der Waals surface area contributed by atoms with Crippen molar-refractivity contribution in [2.24, 2.45) is 5.14 Å². The van der Waals surface area contributed by atoms with Crippen molar-refractivity contribution in [3.63, 3.8) is 0 Å². The van der Waals surface area contributed by atoms with Crippen molar-refractivity contribution < 1.29 is 13.2 Å². The minimum atomic E-state index is -3.77. The zero-order valence-corrected chi connectivity index (χ0v) is 16.4. The molecule has 0 atom stereocenters. The Morgan fingerprint density at radius 2 is 1.97 bits per heavy atom. The highest BCUT2D eigenvalue weighted by Crippen LogP contribution is 2.41. The molecule has 5 rings (SSSR count). The van der Waals surface area contributed by atoms with Crippen molar-refractivity contribution in [3.05, 3.63) is 48.2 Å². The third-order valence-electron chi connectivity index (χ3n) is 5.04. The Morgan fingerprint density at radius 1 is 1.14 bits per heavy atom. The molecule has 4 heterocycles. The summed E-state index contributed by atoms with van der Waals surface area (Å²) in [7, 11) is -2.20. The molecular formula is C19H18N6O3S. The number of ether oxygens (including phenoxy) is 1. The van der Waals surface area contributed by atoms with Crippen LogP contribution in [-0.2, 0) is 16.6 Å². The molecule has 9 nitrogen and oxygen atoms in total. The second kappa shape index (κ2) is 6.46. The first-order valence-electron chi connectivity index (χ1n) is 9.11. The monoisotopic (exact) mass is 410 g/mol. The van der Waals surface area contributed by atoms with Gasteiger partial charge in [-0.05, 0) is 31.0 Å². The highest BCUT2D eigenvalue weighted by atomic mass is 32.2. The molecule has 148 valence electrons. The third kappa shape index (κ3) is 3.19. The van der Waals surface area contributed by atoms with E-state index in [1.165, 1.54) is 12.3 Å². The van der Waals surface area contributed by atoms with Gasteiger partial charge in [0.25, 0.3) is 0 Å². The van der Waals surface area contributed by atoms with Crippen LogP contribution in [0.5, 0.6) is 5.88 Å². The number of rotatable bonds is 5. The van der Waals surface area contributed by atoms with Crippen LogP contribution in [0.3, 0.4) is 0 Å². The molecule has 2 N–H and O–H groups in total. The lowest BCUT2D eigenvalue weighted by Crippen LogP contribution is -2.13. The largest absolute Gasteiger partial charge is 0.481 e. The van der Waals surface area contributed by atoms with Gasteiger partial charge in [-0.3, -0.25) is 4.98 Å². The van der Waals surface area contributed by atoms with Gasteiger partial charge in [0.2, 0.25) is 15.9 Å². The Morgan fingerprint density at radius 3 is 2.62 bits per heavy atom. The van der Waals surface area contributed by atoms with Crippen molar-refractivity contribution in [2.75, 3.05) is 7.11 Å². The molecule has 1 aliphatic rings. The highest BCUT2D eigenvalue weighted by Gasteiger charge is 2.30. The van der Waals surface area contributed by atoms with Gasteiger partial charge in [0, 0.05) is 23.6 Å². The van der Waals surface area contributed by atoms with Crippen LogP contribution >= 0.6 is 0 Å². The normalized spacial score (nSPS) is 14.6. The quantitative estimate of drug-likeness (QED) is 0.533. The molecule has 0 saturated heterocycles. The number of nitrogens with zero attached hydrogens (tertiary/aromatic N) is 5. The molecule has 1 saturated carbocycles. The molecule has 10 heteroatoms. The fraction of sp³-hybridized carbons (Fsp3) is 0.263. The molecule has 1 fully saturated rings. The van der Waals surface area contributed by atoms with Gasteiger partial charge in [-0.1, -0.05) is 0 Å². The predicted octanol–water partition coefficient (Wildman–Crippen LogP) is 1.96. The molecule has 0 amide bonds. The number of sulfonamides is 1. The van der Waals surface area contributed by atoms with Crippen molar-refractivity contribution >= 4 is 32.1 Å². The maximum absolute atomic E-state index is 11.5. The van der Waals surface area contributed by atoms with Gasteiger partial charge in [-0.2, -0.15) is 4.98 Å². The Bertz CT molecular complexity index is 1340. The van der Waals surface area contributed by atoms with Crippen LogP contribution in [0.25, 0.3) is 22.1 Å². The van der Waals surface area contributed by atoms with Crippen LogP contribution in [0.15, 0.2) is 41.6 Å². The number of fused-ring (bicyclic) bond motifs is 3. The van der Waals surface area contributed by atoms with Crippen LogP contribution in [-0.4, -0.2) is 40.0 Å². The number of hydrogen-bond donors (Lipinski definition) is 1. The maximum Gasteiger partial charge on any atom is 0.239 e. The Balaban J connectivity index is 1.66. The van der Waals surface area contributed by atoms with Gasteiger partial charge in [0.15, 0.2) is 5.65 Å². The molecular weight excluding hydrogens is 392 g/mol. The number of methoxy groups -OCH3 is 1. The summed E-state index contributed by atoms with van der Waals surface area (Å²) < 4.78 is 30.3. The Labute approximate surface area is 166 Å². The smallest absolute Gasteiger partial charge is 0.239 e. The molecule has 29 heavy (non-hydrogen) atoms. The van der Waals surface area contributed by atoms with E-state index in [2.05, 4.69) is 19.5 Å². The average Bonchev–Trinajstić information content (AvgIpc) is 3.49. The summed E-state index contributed by atoms with van der Waals surface area (Å²) in [6, 6.07) is 6.88. The molecule has 0 aliphatic heterocycles. The molecule has 0 radical (unpaired) electrons. The Kier molecular flexibility index (Phi) is 4.00. The highest BCUT2D eigenvalue weighted by molar-refractivity contribution is 7.89. The average molecular weight is 410 g/mol. The lowest BCUT2D eigenvalue weighted by atomic mass is 10.2. The zero-order chi connectivity index (χ0) is 20.2. The van der Waals surface area contributed by atoms with Crippen LogP contribution in [0.1, 0.15) is 30.3 Å². The topological polar surface area (TPSA) is 126 Å². The first-order valence-corrected chi connectivity index (χ1v) is 10.7. The standard InChI is InChI=1S/C19H18N6O3S/c1-28-16-7-6-14-17-15(9-22-18(14)24-16)23-19(11-2-3-11)25(17)10-12-4-5-13(8-21-12)29(20,26)27/h4-9,11H,2-3,10H2,1H3,(H2,20,26,27). The van der Waals surface area contributed by atoms with Crippen LogP contribution in [0, 0.1) is 0 Å². The van der Waals surface area contributed by atoms with Crippen LogP contribution in [0.2, 0.25) is 0 Å². The van der Waals surface area contributed by atoms with E-state index in [9.17, 15) is 8.42 Å². The zero-order valence-electron chi connectivity index (χ0n) is 15.6. The number of imidazole rings is 1. The summed E-state index contributed by atoms with van der Waals surface area (Å²) in [4.78, 5) is 18.0. The minimum Gasteiger partial charge on any atom is -0.481 e. The summed E-state index contributed by atoms with van der Waals surface area (Å²) in [5.41, 5.74) is 3.03. The second-order valence-corrected chi connectivity index (χ2v) is 8.64. The minimum absolute atomic E-state index is 0.00917. The number of aromatic nitrogens is 5. The summed E-state index contributed by atoms with van der Waals surface area (Å²) in [5, 5.41) is 6.05. The van der Waals surface area contributed by atoms with E-state index in [4.69, 9.17) is 14.9 Å². The SMILES string of the molecule is COc1ccc2c(ncc3nc(C4CC4)n(Cc4ccc(S(N)(=O)=O)cn4)c32)n1. The van der Waals surface area contributed by atoms with Gasteiger partial charge >= 0.3 is 0 Å². The van der Waals surface area contributed by atoms with E-state index >= 15 is 0 Å². The molecule has 0 spiro atoms. The summed E-state index contributed by atoms with van der Waals surface area (Å²) in [6.07, 6.45) is 5.20. The summed E-state index contributed by atoms with van der Waals surface area (Å²) in [5.74, 6) is 1.90. The van der Waals surface area contributed by atoms with Gasteiger partial charge in [-0.15, -0.1) is 0 Å². The molecule has 0 bridgehead atoms. The molecule has 4 aromatic heterocycles. The van der Waals surface area contributed by atoms with Crippen molar-refractivity contribution in [3.8, 4) is 5.88 Å². The van der Waals surface area contributed by atoms with Gasteiger partial charge in [-0.25, -0.2) is 23.5 Å². The third-order valence-corrected chi connectivity index (χ3v) is 5.93. The van der Waals surface area contributed by atoms with Crippen molar-refractivity contribution in [1.82, 2.24) is 24.5 Å². The number of primary sulfonamides is 1. The number of pyridine rings is 3. The van der Waals surface area contributed by atoms with Gasteiger partial charge < -0.3 is 9.30 Å². The fourth-order valence-corrected chi connectivity index (χ4v) is 3.92. The summed E-state index contributed by atoms with van der Waals surface area (Å²) in [6.45, 7) is 0.457. The van der Waals surface area contributed by atoms with Gasteiger partial charge in [0.05, 0.1) is 31.1 Å². The van der Waals surface area contributed by atoms with E-state index < -0.39 is 10.0 Å². The van der Waals surface area contributed by atoms with E-state index in [1.54, 1.807) is 25.4 Å². The lowest BCUT2D eigenvalue weighted by molar-refractivity contribution is 0.399. The van der Waals surface area contributed by atoms with E-state index in [0.717, 1.165) is 35.1 Å². The van der Waals surface area contributed by atoms with E-state index in [0.29, 0.717) is 29.7 Å². The summed E-state index contributed by atoms with van der Waals surface area (Å²) >= 11 is 0. The maximum atomic E-state index is 11.5. The van der Waals surface area contributed by atoms with E-state index in [1.807, 2.05) is 6.07 Å². The molecule has 0 unspecified atom stereocenters. The number of hydrogen-bond acceptors (Lipinski definition) is 7. The lowest BCUT2D eigenvalue weighted by Gasteiger charge is -2.10. The molecule has 4 aromatic rings.